The van der Waals surface area contributed by atoms with Crippen molar-refractivity contribution in [2.45, 2.75) is 60.7 Å². The Morgan fingerprint density at radius 2 is 1.18 bits per heavy atom. The topological polar surface area (TPSA) is 208 Å². The van der Waals surface area contributed by atoms with Crippen molar-refractivity contribution in [3.05, 3.63) is 108 Å². The first-order valence-electron chi connectivity index (χ1n) is 15.7. The van der Waals surface area contributed by atoms with Crippen molar-refractivity contribution in [1.82, 2.24) is 0 Å². The van der Waals surface area contributed by atoms with Crippen LogP contribution < -0.4 is 0 Å². The molecule has 2 saturated heterocycles. The van der Waals surface area contributed by atoms with Crippen molar-refractivity contribution in [3.8, 4) is 0 Å². The first-order valence-corrected chi connectivity index (χ1v) is 16.8. The van der Waals surface area contributed by atoms with E-state index in [1.54, 1.807) is 54.6 Å². The van der Waals surface area contributed by atoms with Crippen molar-refractivity contribution < 1.29 is 68.3 Å². The summed E-state index contributed by atoms with van der Waals surface area (Å²) in [6.07, 6.45) is -16.8. The predicted octanol–water partition coefficient (Wildman–Crippen LogP) is 1.00. The maximum atomic E-state index is 13.2. The summed E-state index contributed by atoms with van der Waals surface area (Å²) in [7, 11) is 0. The van der Waals surface area contributed by atoms with Gasteiger partial charge in [0.05, 0.1) is 23.3 Å². The highest BCUT2D eigenvalue weighted by atomic mass is 79.9. The quantitative estimate of drug-likeness (QED) is 0.0993. The van der Waals surface area contributed by atoms with Gasteiger partial charge in [0, 0.05) is 5.33 Å². The average Bonchev–Trinajstić information content (AvgIpc) is 3.15. The summed E-state index contributed by atoms with van der Waals surface area (Å²) in [6, 6.07) is 23.5. The molecule has 14 nitrogen and oxygen atoms in total. The molecule has 2 aliphatic heterocycles. The highest BCUT2D eigenvalue weighted by Crippen LogP contribution is 2.41. The number of hydrogen-bond acceptors (Lipinski definition) is 14. The van der Waals surface area contributed by atoms with Crippen LogP contribution in [0.5, 0.6) is 0 Å². The van der Waals surface area contributed by atoms with Gasteiger partial charge in [-0.25, -0.2) is 14.4 Å². The molecule has 0 saturated carbocycles. The van der Waals surface area contributed by atoms with E-state index < -0.39 is 91.8 Å². The normalized spacial score (nSPS) is 31.0. The van der Waals surface area contributed by atoms with E-state index in [1.165, 1.54) is 36.4 Å². The third kappa shape index (κ3) is 8.23. The van der Waals surface area contributed by atoms with E-state index in [-0.39, 0.29) is 28.6 Å². The zero-order valence-corrected chi connectivity index (χ0v) is 28.1. The molecule has 0 amide bonds. The molecule has 268 valence electrons. The minimum absolute atomic E-state index is 0.0198. The maximum Gasteiger partial charge on any atom is 0.338 e. The number of esters is 3. The molecule has 3 aromatic rings. The summed E-state index contributed by atoms with van der Waals surface area (Å²) >= 11 is 3.23. The Morgan fingerprint density at radius 3 is 1.70 bits per heavy atom. The van der Waals surface area contributed by atoms with Crippen molar-refractivity contribution >= 4 is 33.8 Å². The summed E-state index contributed by atoms with van der Waals surface area (Å²) in [5.41, 5.74) is -2.41. The molecule has 10 atom stereocenters. The number of aliphatic hydroxyl groups is 5. The fourth-order valence-corrected chi connectivity index (χ4v) is 5.94. The molecule has 2 heterocycles. The highest BCUT2D eigenvalue weighted by Gasteiger charge is 2.65. The SMILES string of the molecule is O=C(OC[C@H]1O[C@@H]([C@]2(O)[C@H](O)[C@@H](OC(=O)c3ccccc3)[C@@H](OCCBr)O[C@@H]2COC(=O)c2ccccc2)[C@H](O)[C@@H](O)[C@H]1O)c1ccccc1. The molecule has 3 aromatic carbocycles. The zero-order chi connectivity index (χ0) is 35.8. The summed E-state index contributed by atoms with van der Waals surface area (Å²) in [5.74, 6) is -2.54. The largest absolute Gasteiger partial charge is 0.459 e. The first-order chi connectivity index (χ1) is 24.1. The number of carbonyl (C=O) groups is 3. The minimum atomic E-state index is -2.84. The summed E-state index contributed by atoms with van der Waals surface area (Å²) in [4.78, 5) is 38.8. The molecule has 5 rings (SSSR count). The fourth-order valence-electron chi connectivity index (χ4n) is 5.75. The van der Waals surface area contributed by atoms with Crippen LogP contribution in [0.3, 0.4) is 0 Å². The summed E-state index contributed by atoms with van der Waals surface area (Å²) in [6.45, 7) is -1.43. The molecule has 5 N–H and O–H groups in total. The number of halogens is 1. The Labute approximate surface area is 295 Å². The van der Waals surface area contributed by atoms with Crippen LogP contribution in [0.4, 0.5) is 0 Å². The van der Waals surface area contributed by atoms with Crippen LogP contribution in [-0.2, 0) is 28.4 Å². The second-order valence-electron chi connectivity index (χ2n) is 11.6. The third-order valence-electron chi connectivity index (χ3n) is 8.41. The molecule has 50 heavy (non-hydrogen) atoms. The molecule has 0 aliphatic carbocycles. The number of alkyl halides is 1. The first kappa shape index (κ1) is 37.5. The Balaban J connectivity index is 1.47. The summed E-state index contributed by atoms with van der Waals surface area (Å²) < 4.78 is 34.1. The highest BCUT2D eigenvalue weighted by molar-refractivity contribution is 9.09. The van der Waals surface area contributed by atoms with Crippen LogP contribution in [-0.4, -0.2) is 129 Å². The zero-order valence-electron chi connectivity index (χ0n) is 26.5. The van der Waals surface area contributed by atoms with Crippen molar-refractivity contribution in [1.29, 1.82) is 0 Å². The smallest absolute Gasteiger partial charge is 0.338 e. The van der Waals surface area contributed by atoms with Gasteiger partial charge in [-0.2, -0.15) is 0 Å². The van der Waals surface area contributed by atoms with Gasteiger partial charge in [-0.05, 0) is 36.4 Å². The molecular formula is C35H37BrO14. The molecule has 0 spiro atoms. The van der Waals surface area contributed by atoms with Gasteiger partial charge in [-0.15, -0.1) is 0 Å². The molecule has 0 radical (unpaired) electrons. The van der Waals surface area contributed by atoms with Crippen LogP contribution in [0.15, 0.2) is 91.0 Å². The molecule has 0 bridgehead atoms. The van der Waals surface area contributed by atoms with Gasteiger partial charge in [-0.1, -0.05) is 70.5 Å². The lowest BCUT2D eigenvalue weighted by atomic mass is 9.74. The fraction of sp³-hybridized carbons (Fsp3) is 0.400. The van der Waals surface area contributed by atoms with Gasteiger partial charge < -0.3 is 54.0 Å². The van der Waals surface area contributed by atoms with Gasteiger partial charge in [-0.3, -0.25) is 0 Å². The van der Waals surface area contributed by atoms with Gasteiger partial charge >= 0.3 is 17.9 Å². The maximum absolute atomic E-state index is 13.2. The van der Waals surface area contributed by atoms with Gasteiger partial charge in [0.1, 0.15) is 55.9 Å². The number of aliphatic hydroxyl groups excluding tert-OH is 4. The Hall–Kier alpha value is -3.77. The summed E-state index contributed by atoms with van der Waals surface area (Å²) in [5, 5.41) is 57.6. The molecule has 0 aromatic heterocycles. The number of ether oxygens (including phenoxy) is 6. The van der Waals surface area contributed by atoms with Crippen molar-refractivity contribution in [3.63, 3.8) is 0 Å². The van der Waals surface area contributed by atoms with Crippen LogP contribution in [0.25, 0.3) is 0 Å². The molecule has 0 unspecified atom stereocenters. The van der Waals surface area contributed by atoms with Gasteiger partial charge in [0.25, 0.3) is 0 Å². The standard InChI is InChI=1S/C35H37BrO14/c36-16-17-45-34-28(50-33(43)22-14-8-3-9-15-22)29(40)35(44,24(49-34)19-47-32(42)21-12-6-2-7-13-21)30-27(39)26(38)25(37)23(48-30)18-46-31(41)20-10-4-1-5-11-20/h1-15,23-30,34,37-40,44H,16-19H2/t23-,24-,25+,26+,27-,28-,29-,30-,34+,35-/m1/s1. The second kappa shape index (κ2) is 17.0. The Bertz CT molecular complexity index is 1560. The third-order valence-corrected chi connectivity index (χ3v) is 8.73. The lowest BCUT2D eigenvalue weighted by Gasteiger charge is -2.55. The van der Waals surface area contributed by atoms with Crippen molar-refractivity contribution in [2.75, 3.05) is 25.2 Å². The van der Waals surface area contributed by atoms with E-state index in [2.05, 4.69) is 15.9 Å². The lowest BCUT2D eigenvalue weighted by Crippen LogP contribution is -2.77. The molecule has 15 heteroatoms. The van der Waals surface area contributed by atoms with Crippen LogP contribution in [0, 0.1) is 0 Å². The monoisotopic (exact) mass is 760 g/mol. The number of carbonyl (C=O) groups excluding carboxylic acids is 3. The Morgan fingerprint density at radius 1 is 0.680 bits per heavy atom. The van der Waals surface area contributed by atoms with Crippen molar-refractivity contribution in [2.24, 2.45) is 0 Å². The number of hydrogen-bond donors (Lipinski definition) is 5. The second-order valence-corrected chi connectivity index (χ2v) is 12.4. The van der Waals surface area contributed by atoms with Gasteiger partial charge in [0.15, 0.2) is 18.0 Å². The molecular weight excluding hydrogens is 724 g/mol. The van der Waals surface area contributed by atoms with E-state index in [4.69, 9.17) is 28.4 Å². The van der Waals surface area contributed by atoms with E-state index >= 15 is 0 Å². The van der Waals surface area contributed by atoms with E-state index in [0.29, 0.717) is 0 Å². The lowest BCUT2D eigenvalue weighted by molar-refractivity contribution is -0.371. The number of rotatable bonds is 12. The van der Waals surface area contributed by atoms with E-state index in [9.17, 15) is 39.9 Å². The van der Waals surface area contributed by atoms with Crippen LogP contribution in [0.1, 0.15) is 31.1 Å². The minimum Gasteiger partial charge on any atom is -0.459 e. The van der Waals surface area contributed by atoms with E-state index in [1.807, 2.05) is 0 Å². The van der Waals surface area contributed by atoms with Crippen LogP contribution in [0.2, 0.25) is 0 Å². The van der Waals surface area contributed by atoms with Gasteiger partial charge in [0.2, 0.25) is 0 Å². The molecule has 2 aliphatic rings. The average molecular weight is 762 g/mol. The molecule has 2 fully saturated rings. The number of benzene rings is 3. The van der Waals surface area contributed by atoms with Crippen LogP contribution >= 0.6 is 15.9 Å². The predicted molar refractivity (Wildman–Crippen MR) is 175 cm³/mol. The van der Waals surface area contributed by atoms with E-state index in [0.717, 1.165) is 0 Å². The Kier molecular flexibility index (Phi) is 12.7.